The monoisotopic (exact) mass is 277 g/mol. The van der Waals surface area contributed by atoms with Crippen LogP contribution in [-0.4, -0.2) is 29.7 Å². The van der Waals surface area contributed by atoms with Crippen molar-refractivity contribution in [1.82, 2.24) is 4.90 Å². The zero-order chi connectivity index (χ0) is 13.5. The summed E-state index contributed by atoms with van der Waals surface area (Å²) in [6.07, 6.45) is 4.60. The number of thiophene rings is 1. The molecule has 0 radical (unpaired) electrons. The SMILES string of the molecule is CC1CCCN(Cc2cc(C#CCCO)cs2)CC1. The van der Waals surface area contributed by atoms with E-state index in [1.54, 1.807) is 11.3 Å². The lowest BCUT2D eigenvalue weighted by molar-refractivity contribution is 0.276. The third kappa shape index (κ3) is 4.99. The van der Waals surface area contributed by atoms with Crippen LogP contribution in [0.1, 0.15) is 43.0 Å². The predicted octanol–water partition coefficient (Wildman–Crippen LogP) is 3.10. The van der Waals surface area contributed by atoms with E-state index < -0.39 is 0 Å². The van der Waals surface area contributed by atoms with E-state index in [0.29, 0.717) is 6.42 Å². The molecule has 1 aromatic rings. The lowest BCUT2D eigenvalue weighted by Crippen LogP contribution is -2.23. The van der Waals surface area contributed by atoms with Crippen LogP contribution < -0.4 is 0 Å². The van der Waals surface area contributed by atoms with Gasteiger partial charge in [-0.15, -0.1) is 11.3 Å². The van der Waals surface area contributed by atoms with E-state index in [9.17, 15) is 0 Å². The van der Waals surface area contributed by atoms with Gasteiger partial charge in [-0.3, -0.25) is 4.90 Å². The van der Waals surface area contributed by atoms with E-state index in [2.05, 4.69) is 35.1 Å². The van der Waals surface area contributed by atoms with Gasteiger partial charge in [-0.1, -0.05) is 18.8 Å². The van der Waals surface area contributed by atoms with Gasteiger partial charge in [0.05, 0.1) is 6.61 Å². The van der Waals surface area contributed by atoms with Crippen LogP contribution in [0.2, 0.25) is 0 Å². The highest BCUT2D eigenvalue weighted by atomic mass is 32.1. The van der Waals surface area contributed by atoms with Crippen molar-refractivity contribution in [3.05, 3.63) is 21.9 Å². The topological polar surface area (TPSA) is 23.5 Å². The van der Waals surface area contributed by atoms with Crippen molar-refractivity contribution in [3.63, 3.8) is 0 Å². The Kier molecular flexibility index (Phi) is 5.91. The van der Waals surface area contributed by atoms with Crippen molar-refractivity contribution in [2.24, 2.45) is 5.92 Å². The Morgan fingerprint density at radius 3 is 3.16 bits per heavy atom. The molecule has 1 aliphatic heterocycles. The van der Waals surface area contributed by atoms with Crippen LogP contribution in [0.3, 0.4) is 0 Å². The first-order chi connectivity index (χ1) is 9.28. The first-order valence-electron chi connectivity index (χ1n) is 7.17. The maximum absolute atomic E-state index is 8.71. The molecule has 1 N–H and O–H groups in total. The summed E-state index contributed by atoms with van der Waals surface area (Å²) in [6, 6.07) is 2.20. The minimum Gasteiger partial charge on any atom is -0.395 e. The fourth-order valence-electron chi connectivity index (χ4n) is 2.45. The predicted molar refractivity (Wildman–Crippen MR) is 81.2 cm³/mol. The van der Waals surface area contributed by atoms with Gasteiger partial charge in [0.2, 0.25) is 0 Å². The van der Waals surface area contributed by atoms with Crippen LogP contribution in [0.4, 0.5) is 0 Å². The summed E-state index contributed by atoms with van der Waals surface area (Å²) in [5.74, 6) is 6.96. The maximum atomic E-state index is 8.71. The van der Waals surface area contributed by atoms with Gasteiger partial charge in [-0.2, -0.15) is 0 Å². The van der Waals surface area contributed by atoms with Crippen LogP contribution in [0.5, 0.6) is 0 Å². The minimum absolute atomic E-state index is 0.149. The number of hydrogen-bond acceptors (Lipinski definition) is 3. The Hall–Kier alpha value is -0.820. The summed E-state index contributed by atoms with van der Waals surface area (Å²) in [5.41, 5.74) is 1.09. The number of hydrogen-bond donors (Lipinski definition) is 1. The first-order valence-corrected chi connectivity index (χ1v) is 8.05. The molecular formula is C16H23NOS. The molecule has 1 fully saturated rings. The maximum Gasteiger partial charge on any atom is 0.0540 e. The highest BCUT2D eigenvalue weighted by Gasteiger charge is 2.14. The second-order valence-corrected chi connectivity index (χ2v) is 6.39. The summed E-state index contributed by atoms with van der Waals surface area (Å²) < 4.78 is 0. The molecule has 1 aromatic heterocycles. The standard InChI is InChI=1S/C16H23NOS/c1-14-5-4-8-17(9-7-14)12-16-11-15(13-19-16)6-2-3-10-18/h11,13-14,18H,3-5,7-10,12H2,1H3. The second-order valence-electron chi connectivity index (χ2n) is 5.39. The Morgan fingerprint density at radius 1 is 1.42 bits per heavy atom. The molecule has 1 unspecified atom stereocenters. The second kappa shape index (κ2) is 7.69. The van der Waals surface area contributed by atoms with E-state index in [1.165, 1.54) is 37.2 Å². The van der Waals surface area contributed by atoms with Crippen molar-refractivity contribution < 1.29 is 5.11 Å². The van der Waals surface area contributed by atoms with Crippen LogP contribution in [0.25, 0.3) is 0 Å². The van der Waals surface area contributed by atoms with Crippen molar-refractivity contribution in [2.45, 2.75) is 39.2 Å². The van der Waals surface area contributed by atoms with E-state index in [1.807, 2.05) is 0 Å². The third-order valence-corrected chi connectivity index (χ3v) is 4.53. The van der Waals surface area contributed by atoms with Gasteiger partial charge in [-0.05, 0) is 44.3 Å². The van der Waals surface area contributed by atoms with Crippen molar-refractivity contribution in [3.8, 4) is 11.8 Å². The van der Waals surface area contributed by atoms with E-state index >= 15 is 0 Å². The molecule has 1 aliphatic rings. The van der Waals surface area contributed by atoms with E-state index in [0.717, 1.165) is 18.0 Å². The van der Waals surface area contributed by atoms with Crippen LogP contribution in [0.15, 0.2) is 11.4 Å². The third-order valence-electron chi connectivity index (χ3n) is 3.61. The van der Waals surface area contributed by atoms with Gasteiger partial charge in [0.25, 0.3) is 0 Å². The van der Waals surface area contributed by atoms with Crippen molar-refractivity contribution >= 4 is 11.3 Å². The molecular weight excluding hydrogens is 254 g/mol. The molecule has 0 saturated carbocycles. The number of aliphatic hydroxyl groups is 1. The van der Waals surface area contributed by atoms with Gasteiger partial charge in [0.1, 0.15) is 0 Å². The highest BCUT2D eigenvalue weighted by Crippen LogP contribution is 2.21. The zero-order valence-corrected chi connectivity index (χ0v) is 12.5. The first kappa shape index (κ1) is 14.6. The van der Waals surface area contributed by atoms with Crippen molar-refractivity contribution in [1.29, 1.82) is 0 Å². The molecule has 3 heteroatoms. The van der Waals surface area contributed by atoms with Crippen LogP contribution in [0, 0.1) is 17.8 Å². The van der Waals surface area contributed by atoms with Gasteiger partial charge in [-0.25, -0.2) is 0 Å². The lowest BCUT2D eigenvalue weighted by Gasteiger charge is -2.18. The Bertz CT molecular complexity index is 443. The Labute approximate surface area is 120 Å². The van der Waals surface area contributed by atoms with Crippen LogP contribution >= 0.6 is 11.3 Å². The van der Waals surface area contributed by atoms with Gasteiger partial charge in [0.15, 0.2) is 0 Å². The molecule has 0 amide bonds. The number of rotatable bonds is 3. The van der Waals surface area contributed by atoms with E-state index in [-0.39, 0.29) is 6.61 Å². The molecule has 1 atom stereocenters. The summed E-state index contributed by atoms with van der Waals surface area (Å²) in [6.45, 7) is 6.04. The number of nitrogens with zero attached hydrogens (tertiary/aromatic N) is 1. The lowest BCUT2D eigenvalue weighted by atomic mass is 10.0. The largest absolute Gasteiger partial charge is 0.395 e. The molecule has 2 rings (SSSR count). The fraction of sp³-hybridized carbons (Fsp3) is 0.625. The molecule has 0 spiro atoms. The smallest absolute Gasteiger partial charge is 0.0540 e. The Morgan fingerprint density at radius 2 is 2.32 bits per heavy atom. The molecule has 2 heterocycles. The van der Waals surface area contributed by atoms with E-state index in [4.69, 9.17) is 5.11 Å². The fourth-order valence-corrected chi connectivity index (χ4v) is 3.31. The average Bonchev–Trinajstić information content (AvgIpc) is 2.73. The molecule has 1 saturated heterocycles. The molecule has 104 valence electrons. The number of likely N-dealkylation sites (tertiary alicyclic amines) is 1. The molecule has 2 nitrogen and oxygen atoms in total. The summed E-state index contributed by atoms with van der Waals surface area (Å²) >= 11 is 1.80. The average molecular weight is 277 g/mol. The molecule has 19 heavy (non-hydrogen) atoms. The quantitative estimate of drug-likeness (QED) is 0.858. The van der Waals surface area contributed by atoms with Gasteiger partial charge >= 0.3 is 0 Å². The summed E-state index contributed by atoms with van der Waals surface area (Å²) in [5, 5.41) is 10.8. The van der Waals surface area contributed by atoms with Crippen LogP contribution in [-0.2, 0) is 6.54 Å². The highest BCUT2D eigenvalue weighted by molar-refractivity contribution is 7.10. The zero-order valence-electron chi connectivity index (χ0n) is 11.7. The van der Waals surface area contributed by atoms with Crippen molar-refractivity contribution in [2.75, 3.05) is 19.7 Å². The normalized spacial score (nSPS) is 20.6. The van der Waals surface area contributed by atoms with Gasteiger partial charge < -0.3 is 5.11 Å². The molecule has 0 bridgehead atoms. The number of aliphatic hydroxyl groups excluding tert-OH is 1. The molecule has 0 aromatic carbocycles. The van der Waals surface area contributed by atoms with Gasteiger partial charge in [0, 0.05) is 28.8 Å². The summed E-state index contributed by atoms with van der Waals surface area (Å²) in [4.78, 5) is 3.98. The minimum atomic E-state index is 0.149. The summed E-state index contributed by atoms with van der Waals surface area (Å²) in [7, 11) is 0. The molecule has 0 aliphatic carbocycles. The Balaban J connectivity index is 1.87.